The van der Waals surface area contributed by atoms with E-state index in [2.05, 4.69) is 17.6 Å². The number of allylic oxidation sites excluding steroid dienone is 1. The van der Waals surface area contributed by atoms with Gasteiger partial charge in [0.05, 0.1) is 5.69 Å². The summed E-state index contributed by atoms with van der Waals surface area (Å²) in [7, 11) is 0. The first-order chi connectivity index (χ1) is 9.22. The van der Waals surface area contributed by atoms with Crippen molar-refractivity contribution in [3.63, 3.8) is 0 Å². The van der Waals surface area contributed by atoms with Crippen LogP contribution < -0.4 is 5.56 Å². The number of aryl methyl sites for hydroxylation is 1. The molecule has 0 saturated carbocycles. The van der Waals surface area contributed by atoms with Gasteiger partial charge in [0.1, 0.15) is 0 Å². The van der Waals surface area contributed by atoms with Crippen LogP contribution in [0.1, 0.15) is 11.1 Å². The van der Waals surface area contributed by atoms with Gasteiger partial charge in [-0.1, -0.05) is 30.3 Å². The van der Waals surface area contributed by atoms with Crippen molar-refractivity contribution < 1.29 is 0 Å². The van der Waals surface area contributed by atoms with E-state index in [-0.39, 0.29) is 5.56 Å². The lowest BCUT2D eigenvalue weighted by atomic mass is 9.90. The lowest BCUT2D eigenvalue weighted by molar-refractivity contribution is 0.715. The Morgan fingerprint density at radius 1 is 1.37 bits per heavy atom. The zero-order valence-corrected chi connectivity index (χ0v) is 11.3. The Hall–Kier alpha value is -1.94. The summed E-state index contributed by atoms with van der Waals surface area (Å²) in [6.45, 7) is 4.11. The molecule has 1 aromatic heterocycles. The van der Waals surface area contributed by atoms with E-state index < -0.39 is 0 Å². The highest BCUT2D eigenvalue weighted by molar-refractivity contribution is 7.71. The van der Waals surface area contributed by atoms with Gasteiger partial charge in [0, 0.05) is 17.7 Å². The number of hydrogen-bond acceptors (Lipinski definition) is 2. The summed E-state index contributed by atoms with van der Waals surface area (Å²) in [4.78, 5) is 15.7. The maximum atomic E-state index is 12.5. The standard InChI is InChI=1S/C15H14N2OS/c1-2-9-17-14(18)12-8-7-10-5-3-4-6-11(10)13(12)16-15(17)19/h2-6H,1,7-9H2,(H,16,19). The summed E-state index contributed by atoms with van der Waals surface area (Å²) in [5, 5.41) is 0. The Bertz CT molecular complexity index is 770. The van der Waals surface area contributed by atoms with Gasteiger partial charge in [-0.3, -0.25) is 9.36 Å². The highest BCUT2D eigenvalue weighted by Gasteiger charge is 2.20. The lowest BCUT2D eigenvalue weighted by Crippen LogP contribution is -2.28. The molecule has 0 unspecified atom stereocenters. The van der Waals surface area contributed by atoms with E-state index in [1.807, 2.05) is 18.2 Å². The SMILES string of the molecule is C=CCn1c(=S)[nH]c2c(c1=O)CCc1ccccc1-2. The second-order valence-corrected chi connectivity index (χ2v) is 5.03. The number of H-pyrrole nitrogens is 1. The monoisotopic (exact) mass is 270 g/mol. The molecule has 4 heteroatoms. The maximum Gasteiger partial charge on any atom is 0.258 e. The molecule has 0 aliphatic heterocycles. The van der Waals surface area contributed by atoms with Crippen molar-refractivity contribution in [1.29, 1.82) is 0 Å². The fraction of sp³-hybridized carbons (Fsp3) is 0.200. The van der Waals surface area contributed by atoms with Crippen LogP contribution in [-0.2, 0) is 19.4 Å². The van der Waals surface area contributed by atoms with Gasteiger partial charge in [-0.15, -0.1) is 6.58 Å². The number of aromatic nitrogens is 2. The molecule has 96 valence electrons. The second-order valence-electron chi connectivity index (χ2n) is 4.65. The predicted octanol–water partition coefficient (Wildman–Crippen LogP) is 2.86. The Balaban J connectivity index is 2.32. The molecule has 1 aliphatic carbocycles. The third kappa shape index (κ3) is 1.88. The van der Waals surface area contributed by atoms with E-state index in [9.17, 15) is 4.79 Å². The minimum absolute atomic E-state index is 0.00755. The van der Waals surface area contributed by atoms with Crippen molar-refractivity contribution in [3.8, 4) is 11.3 Å². The van der Waals surface area contributed by atoms with Crippen molar-refractivity contribution in [2.24, 2.45) is 0 Å². The van der Waals surface area contributed by atoms with Crippen molar-refractivity contribution in [2.75, 3.05) is 0 Å². The minimum Gasteiger partial charge on any atom is -0.331 e. The number of fused-ring (bicyclic) bond motifs is 3. The highest BCUT2D eigenvalue weighted by Crippen LogP contribution is 2.29. The molecule has 0 amide bonds. The first-order valence-corrected chi connectivity index (χ1v) is 6.68. The van der Waals surface area contributed by atoms with E-state index in [0.29, 0.717) is 11.3 Å². The van der Waals surface area contributed by atoms with E-state index in [0.717, 1.165) is 29.7 Å². The maximum absolute atomic E-state index is 12.5. The summed E-state index contributed by atoms with van der Waals surface area (Å²) in [5.41, 5.74) is 4.08. The second kappa shape index (κ2) is 4.63. The lowest BCUT2D eigenvalue weighted by Gasteiger charge is -2.20. The Morgan fingerprint density at radius 2 is 2.16 bits per heavy atom. The van der Waals surface area contributed by atoms with Crippen LogP contribution in [-0.4, -0.2) is 9.55 Å². The quantitative estimate of drug-likeness (QED) is 0.673. The van der Waals surface area contributed by atoms with Crippen molar-refractivity contribution in [3.05, 3.63) is 63.2 Å². The molecule has 1 heterocycles. The van der Waals surface area contributed by atoms with E-state index in [1.165, 1.54) is 5.56 Å². The Kier molecular flexibility index (Phi) is 2.95. The molecule has 3 rings (SSSR count). The van der Waals surface area contributed by atoms with Crippen LogP contribution in [0.25, 0.3) is 11.3 Å². The Labute approximate surface area is 116 Å². The average Bonchev–Trinajstić information content (AvgIpc) is 2.43. The van der Waals surface area contributed by atoms with Gasteiger partial charge in [-0.2, -0.15) is 0 Å². The van der Waals surface area contributed by atoms with Crippen molar-refractivity contribution in [2.45, 2.75) is 19.4 Å². The number of rotatable bonds is 2. The minimum atomic E-state index is 0.00755. The zero-order valence-electron chi connectivity index (χ0n) is 10.5. The van der Waals surface area contributed by atoms with Crippen LogP contribution in [0.5, 0.6) is 0 Å². The van der Waals surface area contributed by atoms with E-state index >= 15 is 0 Å². The molecule has 1 aliphatic rings. The van der Waals surface area contributed by atoms with E-state index in [1.54, 1.807) is 10.6 Å². The van der Waals surface area contributed by atoms with Gasteiger partial charge in [-0.05, 0) is 30.6 Å². The molecule has 0 radical (unpaired) electrons. The molecule has 0 bridgehead atoms. The number of nitrogens with one attached hydrogen (secondary N) is 1. The molecule has 2 aromatic rings. The van der Waals surface area contributed by atoms with Crippen LogP contribution in [0.4, 0.5) is 0 Å². The third-order valence-corrected chi connectivity index (χ3v) is 3.85. The van der Waals surface area contributed by atoms with Crippen LogP contribution in [0.2, 0.25) is 0 Å². The van der Waals surface area contributed by atoms with Gasteiger partial charge < -0.3 is 4.98 Å². The molecular formula is C15H14N2OS. The molecule has 19 heavy (non-hydrogen) atoms. The molecule has 1 aromatic carbocycles. The number of nitrogens with zero attached hydrogens (tertiary/aromatic N) is 1. The number of benzene rings is 1. The molecule has 1 N–H and O–H groups in total. The van der Waals surface area contributed by atoms with Gasteiger partial charge in [0.15, 0.2) is 4.77 Å². The average molecular weight is 270 g/mol. The zero-order chi connectivity index (χ0) is 13.4. The summed E-state index contributed by atoms with van der Waals surface area (Å²) in [6, 6.07) is 8.15. The number of aromatic amines is 1. The topological polar surface area (TPSA) is 37.8 Å². The van der Waals surface area contributed by atoms with Crippen molar-refractivity contribution >= 4 is 12.2 Å². The van der Waals surface area contributed by atoms with Gasteiger partial charge in [0.25, 0.3) is 5.56 Å². The molecule has 0 spiro atoms. The summed E-state index contributed by atoms with van der Waals surface area (Å²) < 4.78 is 2.02. The summed E-state index contributed by atoms with van der Waals surface area (Å²) >= 11 is 5.28. The molecule has 0 atom stereocenters. The first kappa shape index (κ1) is 12.1. The fourth-order valence-electron chi connectivity index (χ4n) is 2.61. The highest BCUT2D eigenvalue weighted by atomic mass is 32.1. The smallest absolute Gasteiger partial charge is 0.258 e. The van der Waals surface area contributed by atoms with Gasteiger partial charge >= 0.3 is 0 Å². The van der Waals surface area contributed by atoms with Crippen LogP contribution in [0.15, 0.2) is 41.7 Å². The predicted molar refractivity (Wildman–Crippen MR) is 78.9 cm³/mol. The van der Waals surface area contributed by atoms with E-state index in [4.69, 9.17) is 12.2 Å². The Morgan fingerprint density at radius 3 is 2.95 bits per heavy atom. The first-order valence-electron chi connectivity index (χ1n) is 6.27. The fourth-order valence-corrected chi connectivity index (χ4v) is 2.87. The third-order valence-electron chi connectivity index (χ3n) is 3.52. The van der Waals surface area contributed by atoms with Gasteiger partial charge in [-0.25, -0.2) is 0 Å². The van der Waals surface area contributed by atoms with Crippen LogP contribution in [0.3, 0.4) is 0 Å². The van der Waals surface area contributed by atoms with Gasteiger partial charge in [0.2, 0.25) is 0 Å². The largest absolute Gasteiger partial charge is 0.331 e. The molecular weight excluding hydrogens is 256 g/mol. The van der Waals surface area contributed by atoms with Crippen LogP contribution >= 0.6 is 12.2 Å². The normalized spacial score (nSPS) is 12.6. The molecule has 0 fully saturated rings. The van der Waals surface area contributed by atoms with Crippen molar-refractivity contribution in [1.82, 2.24) is 9.55 Å². The summed E-state index contributed by atoms with van der Waals surface area (Å²) in [6.07, 6.45) is 3.35. The number of hydrogen-bond donors (Lipinski definition) is 1. The molecule has 0 saturated heterocycles. The van der Waals surface area contributed by atoms with Crippen LogP contribution in [0, 0.1) is 4.77 Å². The molecule has 3 nitrogen and oxygen atoms in total. The summed E-state index contributed by atoms with van der Waals surface area (Å²) in [5.74, 6) is 0.